The van der Waals surface area contributed by atoms with Crippen LogP contribution < -0.4 is 0 Å². The van der Waals surface area contributed by atoms with Gasteiger partial charge in [-0.15, -0.1) is 11.8 Å². The molecule has 16 heavy (non-hydrogen) atoms. The van der Waals surface area contributed by atoms with Crippen LogP contribution in [0.25, 0.3) is 0 Å². The Balaban J connectivity index is 2.09. The number of benzene rings is 1. The summed E-state index contributed by atoms with van der Waals surface area (Å²) < 4.78 is 1.02. The van der Waals surface area contributed by atoms with Gasteiger partial charge >= 0.3 is 0 Å². The van der Waals surface area contributed by atoms with Crippen molar-refractivity contribution in [1.29, 1.82) is 0 Å². The van der Waals surface area contributed by atoms with E-state index in [1.165, 1.54) is 0 Å². The average molecular weight is 315 g/mol. The lowest BCUT2D eigenvalue weighted by atomic mass is 10.2. The van der Waals surface area contributed by atoms with Crippen molar-refractivity contribution in [2.75, 3.05) is 0 Å². The van der Waals surface area contributed by atoms with Crippen LogP contribution in [-0.4, -0.2) is 4.98 Å². The second-order valence-electron chi connectivity index (χ2n) is 3.17. The lowest BCUT2D eigenvalue weighted by Crippen LogP contribution is -1.85. The van der Waals surface area contributed by atoms with Crippen molar-refractivity contribution >= 4 is 39.3 Å². The Hall–Kier alpha value is -0.510. The maximum absolute atomic E-state index is 6.08. The van der Waals surface area contributed by atoms with E-state index in [9.17, 15) is 0 Å². The molecule has 0 aliphatic rings. The summed E-state index contributed by atoms with van der Waals surface area (Å²) in [6, 6.07) is 11.8. The van der Waals surface area contributed by atoms with Gasteiger partial charge in [0.2, 0.25) is 0 Å². The number of hydrogen-bond donors (Lipinski definition) is 0. The third-order valence-electron chi connectivity index (χ3n) is 2.05. The quantitative estimate of drug-likeness (QED) is 0.756. The van der Waals surface area contributed by atoms with Crippen molar-refractivity contribution in [2.24, 2.45) is 0 Å². The molecule has 0 N–H and O–H groups in total. The first kappa shape index (κ1) is 12.0. The fourth-order valence-electron chi connectivity index (χ4n) is 1.24. The molecule has 1 nitrogen and oxygen atoms in total. The molecule has 0 saturated carbocycles. The first-order valence-corrected chi connectivity index (χ1v) is 6.90. The van der Waals surface area contributed by atoms with Gasteiger partial charge in [-0.1, -0.05) is 29.8 Å². The standard InChI is InChI=1S/C12H9BrClNS/c13-10-5-3-7-15-12(10)16-8-9-4-1-2-6-11(9)14/h1-7H,8H2. The predicted octanol–water partition coefficient (Wildman–Crippen LogP) is 4.79. The van der Waals surface area contributed by atoms with Crippen molar-refractivity contribution in [3.63, 3.8) is 0 Å². The Labute approximate surface area is 112 Å². The largest absolute Gasteiger partial charge is 0.249 e. The molecule has 0 unspecified atom stereocenters. The Morgan fingerprint density at radius 3 is 2.75 bits per heavy atom. The maximum Gasteiger partial charge on any atom is 0.110 e. The van der Waals surface area contributed by atoms with Crippen LogP contribution >= 0.6 is 39.3 Å². The molecular weight excluding hydrogens is 306 g/mol. The highest BCUT2D eigenvalue weighted by molar-refractivity contribution is 9.10. The summed E-state index contributed by atoms with van der Waals surface area (Å²) in [5.41, 5.74) is 1.13. The van der Waals surface area contributed by atoms with Gasteiger partial charge in [-0.2, -0.15) is 0 Å². The second-order valence-corrected chi connectivity index (χ2v) is 5.40. The Morgan fingerprint density at radius 1 is 1.19 bits per heavy atom. The molecule has 1 aromatic heterocycles. The van der Waals surface area contributed by atoms with E-state index in [0.29, 0.717) is 0 Å². The number of rotatable bonds is 3. The smallest absolute Gasteiger partial charge is 0.110 e. The number of pyridine rings is 1. The van der Waals surface area contributed by atoms with Crippen molar-refractivity contribution in [2.45, 2.75) is 10.8 Å². The predicted molar refractivity (Wildman–Crippen MR) is 73.0 cm³/mol. The van der Waals surface area contributed by atoms with Crippen LogP contribution in [0.15, 0.2) is 52.1 Å². The van der Waals surface area contributed by atoms with Crippen LogP contribution in [0.3, 0.4) is 0 Å². The number of nitrogens with zero attached hydrogens (tertiary/aromatic N) is 1. The summed E-state index contributed by atoms with van der Waals surface area (Å²) >= 11 is 11.2. The molecule has 0 saturated heterocycles. The Morgan fingerprint density at radius 2 is 2.00 bits per heavy atom. The first-order valence-electron chi connectivity index (χ1n) is 4.74. The molecule has 1 heterocycles. The normalized spacial score (nSPS) is 10.4. The van der Waals surface area contributed by atoms with Crippen molar-refractivity contribution in [3.05, 3.63) is 57.7 Å². The molecule has 82 valence electrons. The van der Waals surface area contributed by atoms with Crippen LogP contribution in [0.5, 0.6) is 0 Å². The maximum atomic E-state index is 6.08. The molecule has 0 bridgehead atoms. The van der Waals surface area contributed by atoms with E-state index < -0.39 is 0 Å². The molecule has 0 atom stereocenters. The van der Waals surface area contributed by atoms with E-state index in [1.54, 1.807) is 18.0 Å². The zero-order valence-electron chi connectivity index (χ0n) is 8.36. The fraction of sp³-hybridized carbons (Fsp3) is 0.0833. The van der Waals surface area contributed by atoms with Crippen LogP contribution in [0.2, 0.25) is 5.02 Å². The van der Waals surface area contributed by atoms with Gasteiger partial charge in [-0.3, -0.25) is 0 Å². The molecule has 0 amide bonds. The SMILES string of the molecule is Clc1ccccc1CSc1ncccc1Br. The molecule has 0 radical (unpaired) electrons. The van der Waals surface area contributed by atoms with Crippen LogP contribution in [0.4, 0.5) is 0 Å². The number of aromatic nitrogens is 1. The first-order chi connectivity index (χ1) is 7.77. The summed E-state index contributed by atoms with van der Waals surface area (Å²) in [7, 11) is 0. The van der Waals surface area contributed by atoms with Gasteiger partial charge in [0.25, 0.3) is 0 Å². The topological polar surface area (TPSA) is 12.9 Å². The minimum Gasteiger partial charge on any atom is -0.249 e. The van der Waals surface area contributed by atoms with E-state index in [4.69, 9.17) is 11.6 Å². The van der Waals surface area contributed by atoms with E-state index in [0.717, 1.165) is 25.8 Å². The third kappa shape index (κ3) is 3.00. The van der Waals surface area contributed by atoms with Crippen molar-refractivity contribution < 1.29 is 0 Å². The van der Waals surface area contributed by atoms with E-state index in [-0.39, 0.29) is 0 Å². The summed E-state index contributed by atoms with van der Waals surface area (Å²) in [6.07, 6.45) is 1.79. The molecule has 1 aromatic carbocycles. The number of halogens is 2. The number of thioether (sulfide) groups is 1. The monoisotopic (exact) mass is 313 g/mol. The Kier molecular flexibility index (Phi) is 4.27. The Bertz CT molecular complexity index is 444. The molecule has 0 spiro atoms. The van der Waals surface area contributed by atoms with Gasteiger partial charge in [0, 0.05) is 21.4 Å². The molecule has 0 aliphatic carbocycles. The second kappa shape index (κ2) is 5.71. The molecule has 0 fully saturated rings. The van der Waals surface area contributed by atoms with Gasteiger partial charge in [0.05, 0.1) is 0 Å². The summed E-state index contributed by atoms with van der Waals surface area (Å²) in [6.45, 7) is 0. The lowest BCUT2D eigenvalue weighted by Gasteiger charge is -2.04. The van der Waals surface area contributed by atoms with Gasteiger partial charge in [-0.05, 0) is 39.7 Å². The van der Waals surface area contributed by atoms with Crippen LogP contribution in [0.1, 0.15) is 5.56 Å². The number of hydrogen-bond acceptors (Lipinski definition) is 2. The van der Waals surface area contributed by atoms with Crippen molar-refractivity contribution in [3.8, 4) is 0 Å². The van der Waals surface area contributed by atoms with Crippen LogP contribution in [0, 0.1) is 0 Å². The molecule has 0 aliphatic heterocycles. The lowest BCUT2D eigenvalue weighted by molar-refractivity contribution is 1.11. The molecular formula is C12H9BrClNS. The minimum atomic E-state index is 0.807. The highest BCUT2D eigenvalue weighted by atomic mass is 79.9. The fourth-order valence-corrected chi connectivity index (χ4v) is 3.00. The minimum absolute atomic E-state index is 0.807. The third-order valence-corrected chi connectivity index (χ3v) is 4.37. The van der Waals surface area contributed by atoms with Gasteiger partial charge in [-0.25, -0.2) is 4.98 Å². The average Bonchev–Trinajstić information content (AvgIpc) is 2.30. The summed E-state index contributed by atoms with van der Waals surface area (Å²) in [5, 5.41) is 1.80. The van der Waals surface area contributed by atoms with E-state index >= 15 is 0 Å². The van der Waals surface area contributed by atoms with Gasteiger partial charge < -0.3 is 0 Å². The van der Waals surface area contributed by atoms with Gasteiger partial charge in [0.15, 0.2) is 0 Å². The molecule has 2 aromatic rings. The van der Waals surface area contributed by atoms with E-state index in [1.807, 2.05) is 36.4 Å². The van der Waals surface area contributed by atoms with Gasteiger partial charge in [0.1, 0.15) is 5.03 Å². The highest BCUT2D eigenvalue weighted by Crippen LogP contribution is 2.29. The highest BCUT2D eigenvalue weighted by Gasteiger charge is 2.03. The summed E-state index contributed by atoms with van der Waals surface area (Å²) in [4.78, 5) is 4.30. The molecule has 4 heteroatoms. The zero-order valence-corrected chi connectivity index (χ0v) is 11.5. The molecule has 2 rings (SSSR count). The van der Waals surface area contributed by atoms with Crippen molar-refractivity contribution in [1.82, 2.24) is 4.98 Å². The summed E-state index contributed by atoms with van der Waals surface area (Å²) in [5.74, 6) is 0.829. The van der Waals surface area contributed by atoms with E-state index in [2.05, 4.69) is 20.9 Å². The van der Waals surface area contributed by atoms with Crippen LogP contribution in [-0.2, 0) is 5.75 Å². The zero-order chi connectivity index (χ0) is 11.4.